The van der Waals surface area contributed by atoms with Crippen LogP contribution < -0.4 is 10.1 Å². The molecule has 84 valence electrons. The minimum Gasteiger partial charge on any atom is -0.508 e. The summed E-state index contributed by atoms with van der Waals surface area (Å²) in [7, 11) is 3.26. The second kappa shape index (κ2) is 6.27. The smallest absolute Gasteiger partial charge is 0.120 e. The van der Waals surface area contributed by atoms with E-state index < -0.39 is 0 Å². The molecular formula is C11H17NO3. The van der Waals surface area contributed by atoms with Crippen LogP contribution in [0.4, 0.5) is 0 Å². The van der Waals surface area contributed by atoms with Crippen molar-refractivity contribution in [1.82, 2.24) is 5.32 Å². The van der Waals surface area contributed by atoms with Gasteiger partial charge in [-0.15, -0.1) is 0 Å². The van der Waals surface area contributed by atoms with Crippen LogP contribution in [0.3, 0.4) is 0 Å². The van der Waals surface area contributed by atoms with Crippen LogP contribution in [0.2, 0.25) is 0 Å². The van der Waals surface area contributed by atoms with E-state index in [2.05, 4.69) is 5.32 Å². The van der Waals surface area contributed by atoms with Gasteiger partial charge in [0.1, 0.15) is 11.5 Å². The molecule has 1 rings (SSSR count). The van der Waals surface area contributed by atoms with Crippen molar-refractivity contribution in [3.05, 3.63) is 23.8 Å². The number of phenols is 1. The first kappa shape index (κ1) is 11.8. The van der Waals surface area contributed by atoms with Crippen LogP contribution in [0.25, 0.3) is 0 Å². The maximum Gasteiger partial charge on any atom is 0.120 e. The fraction of sp³-hybridized carbons (Fsp3) is 0.455. The SMILES string of the molecule is COCCNCc1cc(OC)ccc1O. The molecule has 0 aromatic heterocycles. The van der Waals surface area contributed by atoms with E-state index in [0.29, 0.717) is 13.2 Å². The Morgan fingerprint density at radius 1 is 1.33 bits per heavy atom. The Labute approximate surface area is 89.8 Å². The third-order valence-electron chi connectivity index (χ3n) is 2.09. The van der Waals surface area contributed by atoms with Crippen LogP contribution in [-0.2, 0) is 11.3 Å². The topological polar surface area (TPSA) is 50.7 Å². The number of rotatable bonds is 6. The molecule has 0 saturated carbocycles. The van der Waals surface area contributed by atoms with E-state index in [4.69, 9.17) is 9.47 Å². The Kier molecular flexibility index (Phi) is 4.93. The van der Waals surface area contributed by atoms with E-state index in [-0.39, 0.29) is 5.75 Å². The standard InChI is InChI=1S/C11H17NO3/c1-14-6-5-12-8-9-7-10(15-2)3-4-11(9)13/h3-4,7,12-13H,5-6,8H2,1-2H3. The minimum absolute atomic E-state index is 0.278. The molecule has 0 aliphatic carbocycles. The number of hydrogen-bond acceptors (Lipinski definition) is 4. The van der Waals surface area contributed by atoms with Crippen molar-refractivity contribution in [2.45, 2.75) is 6.54 Å². The summed E-state index contributed by atoms with van der Waals surface area (Å²) < 4.78 is 9.98. The Morgan fingerprint density at radius 2 is 2.13 bits per heavy atom. The molecule has 0 aliphatic heterocycles. The zero-order chi connectivity index (χ0) is 11.1. The van der Waals surface area contributed by atoms with Crippen LogP contribution in [0.5, 0.6) is 11.5 Å². The maximum absolute atomic E-state index is 9.56. The predicted octanol–water partition coefficient (Wildman–Crippen LogP) is 1.14. The van der Waals surface area contributed by atoms with E-state index in [1.807, 2.05) is 6.07 Å². The van der Waals surface area contributed by atoms with Crippen LogP contribution in [0, 0.1) is 0 Å². The lowest BCUT2D eigenvalue weighted by Crippen LogP contribution is -2.18. The van der Waals surface area contributed by atoms with E-state index >= 15 is 0 Å². The molecule has 4 heteroatoms. The van der Waals surface area contributed by atoms with Crippen LogP contribution in [-0.4, -0.2) is 32.5 Å². The quantitative estimate of drug-likeness (QED) is 0.693. The third-order valence-corrected chi connectivity index (χ3v) is 2.09. The number of aromatic hydroxyl groups is 1. The first-order chi connectivity index (χ1) is 7.27. The van der Waals surface area contributed by atoms with Crippen molar-refractivity contribution in [2.24, 2.45) is 0 Å². The van der Waals surface area contributed by atoms with Crippen molar-refractivity contribution in [1.29, 1.82) is 0 Å². The molecular weight excluding hydrogens is 194 g/mol. The highest BCUT2D eigenvalue weighted by Gasteiger charge is 2.02. The van der Waals surface area contributed by atoms with Crippen LogP contribution in [0.1, 0.15) is 5.56 Å². The molecule has 0 saturated heterocycles. The summed E-state index contributed by atoms with van der Waals surface area (Å²) in [6.45, 7) is 2.02. The highest BCUT2D eigenvalue weighted by Crippen LogP contribution is 2.22. The van der Waals surface area contributed by atoms with Crippen LogP contribution in [0.15, 0.2) is 18.2 Å². The van der Waals surface area contributed by atoms with Gasteiger partial charge in [0, 0.05) is 25.8 Å². The zero-order valence-electron chi connectivity index (χ0n) is 9.12. The van der Waals surface area contributed by atoms with Gasteiger partial charge >= 0.3 is 0 Å². The van der Waals surface area contributed by atoms with Gasteiger partial charge in [-0.25, -0.2) is 0 Å². The van der Waals surface area contributed by atoms with Gasteiger partial charge in [-0.1, -0.05) is 0 Å². The molecule has 1 aromatic rings. The van der Waals surface area contributed by atoms with Gasteiger partial charge in [-0.05, 0) is 18.2 Å². The van der Waals surface area contributed by atoms with Crippen LogP contribution >= 0.6 is 0 Å². The minimum atomic E-state index is 0.278. The molecule has 0 aliphatic rings. The molecule has 0 radical (unpaired) electrons. The van der Waals surface area contributed by atoms with Crippen molar-refractivity contribution < 1.29 is 14.6 Å². The highest BCUT2D eigenvalue weighted by atomic mass is 16.5. The summed E-state index contributed by atoms with van der Waals surface area (Å²) in [6, 6.07) is 5.18. The summed E-state index contributed by atoms with van der Waals surface area (Å²) >= 11 is 0. The average Bonchev–Trinajstić information content (AvgIpc) is 2.26. The van der Waals surface area contributed by atoms with Gasteiger partial charge in [0.05, 0.1) is 13.7 Å². The lowest BCUT2D eigenvalue weighted by Gasteiger charge is -2.08. The largest absolute Gasteiger partial charge is 0.508 e. The summed E-state index contributed by atoms with van der Waals surface area (Å²) in [5, 5.41) is 12.7. The second-order valence-corrected chi connectivity index (χ2v) is 3.16. The molecule has 1 aromatic carbocycles. The molecule has 0 heterocycles. The lowest BCUT2D eigenvalue weighted by molar-refractivity contribution is 0.199. The molecule has 0 amide bonds. The molecule has 0 atom stereocenters. The average molecular weight is 211 g/mol. The number of methoxy groups -OCH3 is 2. The van der Waals surface area contributed by atoms with Crippen molar-refractivity contribution >= 4 is 0 Å². The van der Waals surface area contributed by atoms with Gasteiger partial charge < -0.3 is 19.9 Å². The normalized spacial score (nSPS) is 10.3. The summed E-state index contributed by atoms with van der Waals surface area (Å²) in [4.78, 5) is 0. The van der Waals surface area contributed by atoms with Crippen molar-refractivity contribution in [3.8, 4) is 11.5 Å². The summed E-state index contributed by atoms with van der Waals surface area (Å²) in [5.74, 6) is 1.03. The summed E-state index contributed by atoms with van der Waals surface area (Å²) in [6.07, 6.45) is 0. The molecule has 0 spiro atoms. The van der Waals surface area contributed by atoms with Gasteiger partial charge in [0.15, 0.2) is 0 Å². The number of phenolic OH excluding ortho intramolecular Hbond substituents is 1. The number of nitrogens with one attached hydrogen (secondary N) is 1. The number of ether oxygens (including phenoxy) is 2. The van der Waals surface area contributed by atoms with E-state index in [1.54, 1.807) is 26.4 Å². The molecule has 15 heavy (non-hydrogen) atoms. The zero-order valence-corrected chi connectivity index (χ0v) is 9.12. The number of benzene rings is 1. The van der Waals surface area contributed by atoms with Gasteiger partial charge in [0.2, 0.25) is 0 Å². The molecule has 2 N–H and O–H groups in total. The first-order valence-corrected chi connectivity index (χ1v) is 4.83. The van der Waals surface area contributed by atoms with Gasteiger partial charge in [-0.3, -0.25) is 0 Å². The fourth-order valence-electron chi connectivity index (χ4n) is 1.23. The second-order valence-electron chi connectivity index (χ2n) is 3.16. The third kappa shape index (κ3) is 3.77. The lowest BCUT2D eigenvalue weighted by atomic mass is 10.2. The Morgan fingerprint density at radius 3 is 2.80 bits per heavy atom. The first-order valence-electron chi connectivity index (χ1n) is 4.83. The van der Waals surface area contributed by atoms with E-state index in [9.17, 15) is 5.11 Å². The monoisotopic (exact) mass is 211 g/mol. The molecule has 0 bridgehead atoms. The summed E-state index contributed by atoms with van der Waals surface area (Å²) in [5.41, 5.74) is 0.824. The number of hydrogen-bond donors (Lipinski definition) is 2. The molecule has 0 fully saturated rings. The van der Waals surface area contributed by atoms with Gasteiger partial charge in [-0.2, -0.15) is 0 Å². The Bertz CT molecular complexity index is 302. The fourth-order valence-corrected chi connectivity index (χ4v) is 1.23. The van der Waals surface area contributed by atoms with E-state index in [1.165, 1.54) is 0 Å². The Hall–Kier alpha value is -1.26. The molecule has 4 nitrogen and oxygen atoms in total. The van der Waals surface area contributed by atoms with Crippen molar-refractivity contribution in [2.75, 3.05) is 27.4 Å². The highest BCUT2D eigenvalue weighted by molar-refractivity contribution is 5.39. The predicted molar refractivity (Wildman–Crippen MR) is 58.2 cm³/mol. The molecule has 0 unspecified atom stereocenters. The maximum atomic E-state index is 9.56. The van der Waals surface area contributed by atoms with Gasteiger partial charge in [0.25, 0.3) is 0 Å². The van der Waals surface area contributed by atoms with E-state index in [0.717, 1.165) is 17.9 Å². The Balaban J connectivity index is 2.51. The van der Waals surface area contributed by atoms with Crippen molar-refractivity contribution in [3.63, 3.8) is 0 Å².